The van der Waals surface area contributed by atoms with Gasteiger partial charge in [0.2, 0.25) is 0 Å². The first kappa shape index (κ1) is 15.3. The molecule has 1 aliphatic heterocycles. The van der Waals surface area contributed by atoms with Crippen molar-refractivity contribution in [2.45, 2.75) is 12.8 Å². The predicted octanol–water partition coefficient (Wildman–Crippen LogP) is 1.76. The molecular formula is C15H21ClN2O2. The van der Waals surface area contributed by atoms with E-state index in [1.54, 1.807) is 19.2 Å². The quantitative estimate of drug-likeness (QED) is 0.899. The van der Waals surface area contributed by atoms with Crippen LogP contribution in [-0.2, 0) is 11.2 Å². The van der Waals surface area contributed by atoms with Crippen LogP contribution in [0.2, 0.25) is 5.02 Å². The van der Waals surface area contributed by atoms with Gasteiger partial charge in [0.15, 0.2) is 5.78 Å². The fourth-order valence-electron chi connectivity index (χ4n) is 2.46. The van der Waals surface area contributed by atoms with E-state index in [1.165, 1.54) is 0 Å². The number of halogens is 1. The molecule has 0 aromatic heterocycles. The van der Waals surface area contributed by atoms with E-state index >= 15 is 0 Å². The molecule has 1 heterocycles. The van der Waals surface area contributed by atoms with E-state index in [0.717, 1.165) is 43.9 Å². The van der Waals surface area contributed by atoms with E-state index < -0.39 is 0 Å². The highest BCUT2D eigenvalue weighted by molar-refractivity contribution is 6.30. The van der Waals surface area contributed by atoms with E-state index in [-0.39, 0.29) is 5.78 Å². The highest BCUT2D eigenvalue weighted by Gasteiger charge is 2.15. The molecule has 5 heteroatoms. The Morgan fingerprint density at radius 1 is 1.40 bits per heavy atom. The molecule has 4 nitrogen and oxygen atoms in total. The second-order valence-electron chi connectivity index (χ2n) is 5.05. The molecule has 1 saturated heterocycles. The smallest absolute Gasteiger partial charge is 0.151 e. The molecule has 0 spiro atoms. The molecule has 1 fully saturated rings. The SMILES string of the molecule is COc1ccc(Cl)cc1CC(=O)CN1CCCNCC1. The summed E-state index contributed by atoms with van der Waals surface area (Å²) >= 11 is 5.99. The van der Waals surface area contributed by atoms with E-state index in [1.807, 2.05) is 6.07 Å². The van der Waals surface area contributed by atoms with E-state index in [4.69, 9.17) is 16.3 Å². The van der Waals surface area contributed by atoms with E-state index in [0.29, 0.717) is 18.0 Å². The number of ketones is 1. The average Bonchev–Trinajstić information content (AvgIpc) is 2.67. The highest BCUT2D eigenvalue weighted by atomic mass is 35.5. The summed E-state index contributed by atoms with van der Waals surface area (Å²) in [6.45, 7) is 4.39. The Morgan fingerprint density at radius 2 is 2.25 bits per heavy atom. The van der Waals surface area contributed by atoms with Crippen LogP contribution >= 0.6 is 11.6 Å². The molecule has 0 atom stereocenters. The van der Waals surface area contributed by atoms with Gasteiger partial charge in [-0.25, -0.2) is 0 Å². The number of nitrogens with zero attached hydrogens (tertiary/aromatic N) is 1. The second kappa shape index (κ2) is 7.62. The molecule has 110 valence electrons. The predicted molar refractivity (Wildman–Crippen MR) is 80.6 cm³/mol. The van der Waals surface area contributed by atoms with Crippen molar-refractivity contribution in [1.82, 2.24) is 10.2 Å². The third kappa shape index (κ3) is 4.47. The Hall–Kier alpha value is -1.10. The van der Waals surface area contributed by atoms with Crippen LogP contribution in [0.3, 0.4) is 0 Å². The van der Waals surface area contributed by atoms with Gasteiger partial charge in [-0.1, -0.05) is 11.6 Å². The molecule has 1 aromatic rings. The van der Waals surface area contributed by atoms with Crippen LogP contribution in [-0.4, -0.2) is 50.5 Å². The summed E-state index contributed by atoms with van der Waals surface area (Å²) in [5.41, 5.74) is 0.859. The lowest BCUT2D eigenvalue weighted by Gasteiger charge is -2.18. The molecule has 0 radical (unpaired) electrons. The molecule has 1 aromatic carbocycles. The van der Waals surface area contributed by atoms with E-state index in [2.05, 4.69) is 10.2 Å². The summed E-state index contributed by atoms with van der Waals surface area (Å²) in [6.07, 6.45) is 1.46. The Kier molecular flexibility index (Phi) is 5.83. The molecule has 2 rings (SSSR count). The van der Waals surface area contributed by atoms with Crippen LogP contribution in [0, 0.1) is 0 Å². The molecule has 1 N–H and O–H groups in total. The number of methoxy groups -OCH3 is 1. The van der Waals surface area contributed by atoms with E-state index in [9.17, 15) is 4.79 Å². The van der Waals surface area contributed by atoms with Crippen molar-refractivity contribution in [2.75, 3.05) is 39.8 Å². The van der Waals surface area contributed by atoms with Gasteiger partial charge in [-0.3, -0.25) is 9.69 Å². The van der Waals surface area contributed by atoms with Gasteiger partial charge in [0.25, 0.3) is 0 Å². The van der Waals surface area contributed by atoms with Crippen LogP contribution in [0.5, 0.6) is 5.75 Å². The maximum absolute atomic E-state index is 12.2. The minimum absolute atomic E-state index is 0.201. The normalized spacial score (nSPS) is 16.7. The highest BCUT2D eigenvalue weighted by Crippen LogP contribution is 2.23. The lowest BCUT2D eigenvalue weighted by atomic mass is 10.1. The van der Waals surface area contributed by atoms with Gasteiger partial charge in [0, 0.05) is 30.1 Å². The molecular weight excluding hydrogens is 276 g/mol. The number of rotatable bonds is 5. The molecule has 0 aliphatic carbocycles. The number of hydrogen-bond acceptors (Lipinski definition) is 4. The number of Topliss-reactive ketones (excluding diaryl/α,β-unsaturated/α-hetero) is 1. The Morgan fingerprint density at radius 3 is 3.05 bits per heavy atom. The molecule has 0 bridgehead atoms. The standard InChI is InChI=1S/C15H21ClN2O2/c1-20-15-4-3-13(16)9-12(15)10-14(19)11-18-7-2-5-17-6-8-18/h3-4,9,17H,2,5-8,10-11H2,1H3. The molecule has 20 heavy (non-hydrogen) atoms. The topological polar surface area (TPSA) is 41.6 Å². The number of benzene rings is 1. The summed E-state index contributed by atoms with van der Waals surface area (Å²) < 4.78 is 5.28. The summed E-state index contributed by atoms with van der Waals surface area (Å²) in [4.78, 5) is 14.4. The van der Waals surface area contributed by atoms with Crippen LogP contribution < -0.4 is 10.1 Å². The van der Waals surface area contributed by atoms with Gasteiger partial charge in [0.05, 0.1) is 13.7 Å². The molecule has 0 unspecified atom stereocenters. The van der Waals surface area contributed by atoms with Crippen molar-refractivity contribution in [3.05, 3.63) is 28.8 Å². The van der Waals surface area contributed by atoms with Gasteiger partial charge >= 0.3 is 0 Å². The average molecular weight is 297 g/mol. The minimum atomic E-state index is 0.201. The zero-order valence-electron chi connectivity index (χ0n) is 11.8. The van der Waals surface area contributed by atoms with Crippen LogP contribution in [0.25, 0.3) is 0 Å². The van der Waals surface area contributed by atoms with Gasteiger partial charge in [-0.2, -0.15) is 0 Å². The fourth-order valence-corrected chi connectivity index (χ4v) is 2.66. The third-order valence-electron chi connectivity index (χ3n) is 3.46. The summed E-state index contributed by atoms with van der Waals surface area (Å²) in [5.74, 6) is 0.924. The number of carbonyl (C=O) groups is 1. The Labute approximate surface area is 125 Å². The number of carbonyl (C=O) groups excluding carboxylic acids is 1. The second-order valence-corrected chi connectivity index (χ2v) is 5.49. The van der Waals surface area contributed by atoms with Gasteiger partial charge in [0.1, 0.15) is 5.75 Å². The first-order chi connectivity index (χ1) is 9.69. The van der Waals surface area contributed by atoms with Gasteiger partial charge in [-0.15, -0.1) is 0 Å². The van der Waals surface area contributed by atoms with Crippen LogP contribution in [0.1, 0.15) is 12.0 Å². The summed E-state index contributed by atoms with van der Waals surface area (Å²) in [6, 6.07) is 5.39. The van der Waals surface area contributed by atoms with Crippen LogP contribution in [0.15, 0.2) is 18.2 Å². The number of nitrogens with one attached hydrogen (secondary N) is 1. The fraction of sp³-hybridized carbons (Fsp3) is 0.533. The number of ether oxygens (including phenoxy) is 1. The molecule has 0 amide bonds. The third-order valence-corrected chi connectivity index (χ3v) is 3.70. The first-order valence-corrected chi connectivity index (χ1v) is 7.34. The van der Waals surface area contributed by atoms with Gasteiger partial charge < -0.3 is 10.1 Å². The van der Waals surface area contributed by atoms with Crippen LogP contribution in [0.4, 0.5) is 0 Å². The van der Waals surface area contributed by atoms with Crippen molar-refractivity contribution < 1.29 is 9.53 Å². The van der Waals surface area contributed by atoms with Crippen molar-refractivity contribution in [2.24, 2.45) is 0 Å². The van der Waals surface area contributed by atoms with Crippen molar-refractivity contribution in [3.63, 3.8) is 0 Å². The zero-order chi connectivity index (χ0) is 14.4. The minimum Gasteiger partial charge on any atom is -0.496 e. The summed E-state index contributed by atoms with van der Waals surface area (Å²) in [7, 11) is 1.61. The van der Waals surface area contributed by atoms with Crippen molar-refractivity contribution in [1.29, 1.82) is 0 Å². The maximum atomic E-state index is 12.2. The molecule has 0 saturated carbocycles. The van der Waals surface area contributed by atoms with Crippen molar-refractivity contribution in [3.8, 4) is 5.75 Å². The Bertz CT molecular complexity index is 457. The monoisotopic (exact) mass is 296 g/mol. The van der Waals surface area contributed by atoms with Crippen molar-refractivity contribution >= 4 is 17.4 Å². The maximum Gasteiger partial charge on any atom is 0.151 e. The zero-order valence-corrected chi connectivity index (χ0v) is 12.6. The lowest BCUT2D eigenvalue weighted by molar-refractivity contribution is -0.119. The lowest BCUT2D eigenvalue weighted by Crippen LogP contribution is -2.33. The number of hydrogen-bond donors (Lipinski definition) is 1. The Balaban J connectivity index is 1.95. The summed E-state index contributed by atoms with van der Waals surface area (Å²) in [5, 5.41) is 3.97. The largest absolute Gasteiger partial charge is 0.496 e. The first-order valence-electron chi connectivity index (χ1n) is 6.96. The van der Waals surface area contributed by atoms with Gasteiger partial charge in [-0.05, 0) is 37.7 Å². The molecule has 1 aliphatic rings.